The van der Waals surface area contributed by atoms with Crippen LogP contribution in [-0.2, 0) is 11.3 Å². The van der Waals surface area contributed by atoms with E-state index in [1.165, 1.54) is 5.56 Å². The van der Waals surface area contributed by atoms with Crippen molar-refractivity contribution in [3.05, 3.63) is 34.9 Å². The molecule has 4 heteroatoms. The van der Waals surface area contributed by atoms with Crippen LogP contribution in [0.15, 0.2) is 18.2 Å². The van der Waals surface area contributed by atoms with Crippen molar-refractivity contribution < 1.29 is 14.6 Å². The van der Waals surface area contributed by atoms with Crippen LogP contribution in [0.5, 0.6) is 0 Å². The molecule has 0 radical (unpaired) electrons. The lowest BCUT2D eigenvalue weighted by Crippen LogP contribution is -2.52. The molecule has 0 spiro atoms. The number of carbonyl (C=O) groups is 1. The van der Waals surface area contributed by atoms with Gasteiger partial charge in [0.2, 0.25) is 0 Å². The van der Waals surface area contributed by atoms with E-state index >= 15 is 0 Å². The number of aromatic carboxylic acids is 1. The van der Waals surface area contributed by atoms with E-state index < -0.39 is 5.97 Å². The minimum absolute atomic E-state index is 0.0240. The second-order valence-corrected chi connectivity index (χ2v) is 5.73. The molecular formula is C15H21NO3. The summed E-state index contributed by atoms with van der Waals surface area (Å²) in [5, 5.41) is 8.98. The monoisotopic (exact) mass is 263 g/mol. The molecule has 0 amide bonds. The zero-order chi connectivity index (χ0) is 14.0. The van der Waals surface area contributed by atoms with E-state index in [1.54, 1.807) is 12.1 Å². The molecule has 2 rings (SSSR count). The van der Waals surface area contributed by atoms with E-state index in [2.05, 4.69) is 18.7 Å². The molecule has 1 saturated heterocycles. The van der Waals surface area contributed by atoms with Crippen LogP contribution in [0.25, 0.3) is 0 Å². The van der Waals surface area contributed by atoms with Gasteiger partial charge in [-0.3, -0.25) is 4.90 Å². The third-order valence-electron chi connectivity index (χ3n) is 3.77. The number of hydrogen-bond acceptors (Lipinski definition) is 3. The summed E-state index contributed by atoms with van der Waals surface area (Å²) in [5.74, 6) is -0.874. The fraction of sp³-hybridized carbons (Fsp3) is 0.533. The van der Waals surface area contributed by atoms with E-state index in [-0.39, 0.29) is 5.54 Å². The van der Waals surface area contributed by atoms with Gasteiger partial charge in [0.25, 0.3) is 0 Å². The Morgan fingerprint density at radius 3 is 2.79 bits per heavy atom. The highest BCUT2D eigenvalue weighted by Crippen LogP contribution is 2.23. The number of rotatable bonds is 3. The molecule has 104 valence electrons. The fourth-order valence-corrected chi connectivity index (χ4v) is 2.40. The van der Waals surface area contributed by atoms with Gasteiger partial charge in [0.15, 0.2) is 0 Å². The second kappa shape index (κ2) is 5.31. The number of carboxylic acids is 1. The van der Waals surface area contributed by atoms with Gasteiger partial charge in [-0.1, -0.05) is 6.07 Å². The normalized spacial score (nSPS) is 19.3. The highest BCUT2D eigenvalue weighted by atomic mass is 16.5. The van der Waals surface area contributed by atoms with Crippen molar-refractivity contribution in [1.29, 1.82) is 0 Å². The van der Waals surface area contributed by atoms with Gasteiger partial charge in [0.1, 0.15) is 0 Å². The summed E-state index contributed by atoms with van der Waals surface area (Å²) in [7, 11) is 0. The highest BCUT2D eigenvalue weighted by Gasteiger charge is 2.30. The molecule has 0 aliphatic carbocycles. The maximum Gasteiger partial charge on any atom is 0.335 e. The van der Waals surface area contributed by atoms with E-state index in [0.29, 0.717) is 5.56 Å². The predicted octanol–water partition coefficient (Wildman–Crippen LogP) is 2.30. The average molecular weight is 263 g/mol. The number of aryl methyl sites for hydroxylation is 1. The Hall–Kier alpha value is -1.39. The van der Waals surface area contributed by atoms with E-state index in [4.69, 9.17) is 9.84 Å². The molecule has 4 nitrogen and oxygen atoms in total. The van der Waals surface area contributed by atoms with Crippen LogP contribution in [0.2, 0.25) is 0 Å². The molecule has 0 unspecified atom stereocenters. The standard InChI is InChI=1S/C15H21NO3/c1-11-8-12(14(17)18)4-5-13(11)9-16-6-7-19-10-15(16,2)3/h4-5,8H,6-7,9-10H2,1-3H3,(H,17,18). The van der Waals surface area contributed by atoms with E-state index in [1.807, 2.05) is 13.0 Å². The van der Waals surface area contributed by atoms with Gasteiger partial charge in [0, 0.05) is 18.6 Å². The van der Waals surface area contributed by atoms with Crippen LogP contribution < -0.4 is 0 Å². The fourth-order valence-electron chi connectivity index (χ4n) is 2.40. The topological polar surface area (TPSA) is 49.8 Å². The van der Waals surface area contributed by atoms with Crippen molar-refractivity contribution in [3.63, 3.8) is 0 Å². The molecule has 0 atom stereocenters. The highest BCUT2D eigenvalue weighted by molar-refractivity contribution is 5.87. The first-order valence-corrected chi connectivity index (χ1v) is 6.56. The maximum absolute atomic E-state index is 10.9. The minimum Gasteiger partial charge on any atom is -0.478 e. The van der Waals surface area contributed by atoms with E-state index in [9.17, 15) is 4.79 Å². The van der Waals surface area contributed by atoms with Gasteiger partial charge in [0.05, 0.1) is 18.8 Å². The lowest BCUT2D eigenvalue weighted by atomic mass is 9.99. The Labute approximate surface area is 114 Å². The smallest absolute Gasteiger partial charge is 0.335 e. The summed E-state index contributed by atoms with van der Waals surface area (Å²) >= 11 is 0. The van der Waals surface area contributed by atoms with Crippen LogP contribution in [-0.4, -0.2) is 41.3 Å². The maximum atomic E-state index is 10.9. The molecule has 1 aliphatic heterocycles. The third kappa shape index (κ3) is 3.14. The van der Waals surface area contributed by atoms with Crippen molar-refractivity contribution in [3.8, 4) is 0 Å². The first-order chi connectivity index (χ1) is 8.90. The second-order valence-electron chi connectivity index (χ2n) is 5.73. The Kier molecular flexibility index (Phi) is 3.92. The molecule has 1 aromatic carbocycles. The largest absolute Gasteiger partial charge is 0.478 e. The molecule has 1 aliphatic rings. The van der Waals surface area contributed by atoms with E-state index in [0.717, 1.165) is 31.9 Å². The zero-order valence-corrected chi connectivity index (χ0v) is 11.8. The summed E-state index contributed by atoms with van der Waals surface area (Å²) < 4.78 is 5.51. The molecule has 1 aromatic rings. The lowest BCUT2D eigenvalue weighted by molar-refractivity contribution is -0.0553. The Morgan fingerprint density at radius 1 is 1.47 bits per heavy atom. The molecule has 1 N–H and O–H groups in total. The number of morpholine rings is 1. The van der Waals surface area contributed by atoms with Crippen LogP contribution in [0.4, 0.5) is 0 Å². The first-order valence-electron chi connectivity index (χ1n) is 6.56. The predicted molar refractivity (Wildman–Crippen MR) is 73.4 cm³/mol. The van der Waals surface area contributed by atoms with Crippen molar-refractivity contribution in [2.24, 2.45) is 0 Å². The first kappa shape index (κ1) is 14.0. The number of hydrogen-bond donors (Lipinski definition) is 1. The zero-order valence-electron chi connectivity index (χ0n) is 11.8. The Bertz CT molecular complexity index is 482. The van der Waals surface area contributed by atoms with Crippen LogP contribution in [0, 0.1) is 6.92 Å². The number of nitrogens with zero attached hydrogens (tertiary/aromatic N) is 1. The quantitative estimate of drug-likeness (QED) is 0.909. The Balaban J connectivity index is 2.17. The van der Waals surface area contributed by atoms with Gasteiger partial charge in [-0.05, 0) is 44.0 Å². The summed E-state index contributed by atoms with van der Waals surface area (Å²) in [6.07, 6.45) is 0. The minimum atomic E-state index is -0.874. The van der Waals surface area contributed by atoms with Crippen LogP contribution in [0.3, 0.4) is 0 Å². The lowest BCUT2D eigenvalue weighted by Gasteiger charge is -2.42. The average Bonchev–Trinajstić information content (AvgIpc) is 2.33. The SMILES string of the molecule is Cc1cc(C(=O)O)ccc1CN1CCOCC1(C)C. The number of carboxylic acid groups (broad SMARTS) is 1. The number of benzene rings is 1. The summed E-state index contributed by atoms with van der Waals surface area (Å²) in [6, 6.07) is 5.34. The van der Waals surface area contributed by atoms with Gasteiger partial charge >= 0.3 is 5.97 Å². The molecule has 19 heavy (non-hydrogen) atoms. The molecular weight excluding hydrogens is 242 g/mol. The summed E-state index contributed by atoms with van der Waals surface area (Å²) in [6.45, 7) is 9.56. The molecule has 0 saturated carbocycles. The molecule has 0 bridgehead atoms. The van der Waals surface area contributed by atoms with Crippen molar-refractivity contribution in [2.45, 2.75) is 32.9 Å². The van der Waals surface area contributed by atoms with Crippen molar-refractivity contribution in [2.75, 3.05) is 19.8 Å². The van der Waals surface area contributed by atoms with Gasteiger partial charge in [-0.2, -0.15) is 0 Å². The third-order valence-corrected chi connectivity index (χ3v) is 3.77. The summed E-state index contributed by atoms with van der Waals surface area (Å²) in [5.41, 5.74) is 2.58. The van der Waals surface area contributed by atoms with Gasteiger partial charge < -0.3 is 9.84 Å². The van der Waals surface area contributed by atoms with Crippen molar-refractivity contribution >= 4 is 5.97 Å². The molecule has 1 fully saturated rings. The van der Waals surface area contributed by atoms with Gasteiger partial charge in [-0.15, -0.1) is 0 Å². The van der Waals surface area contributed by atoms with Crippen LogP contribution >= 0.6 is 0 Å². The van der Waals surface area contributed by atoms with Crippen molar-refractivity contribution in [1.82, 2.24) is 4.90 Å². The number of ether oxygens (including phenoxy) is 1. The molecule has 1 heterocycles. The van der Waals surface area contributed by atoms with Crippen LogP contribution in [0.1, 0.15) is 35.3 Å². The Morgan fingerprint density at radius 2 is 2.21 bits per heavy atom. The molecule has 0 aromatic heterocycles. The summed E-state index contributed by atoms with van der Waals surface area (Å²) in [4.78, 5) is 13.3. The van der Waals surface area contributed by atoms with Gasteiger partial charge in [-0.25, -0.2) is 4.79 Å².